The van der Waals surface area contributed by atoms with Gasteiger partial charge in [-0.15, -0.1) is 0 Å². The van der Waals surface area contributed by atoms with Crippen LogP contribution in [-0.2, 0) is 13.6 Å². The van der Waals surface area contributed by atoms with Gasteiger partial charge in [-0.3, -0.25) is 14.5 Å². The summed E-state index contributed by atoms with van der Waals surface area (Å²) in [7, 11) is 3.38. The average Bonchev–Trinajstić information content (AvgIpc) is 3.02. The monoisotopic (exact) mass is 322 g/mol. The fourth-order valence-electron chi connectivity index (χ4n) is 2.36. The molecule has 1 aromatic carbocycles. The Balaban J connectivity index is 1.74. The van der Waals surface area contributed by atoms with Gasteiger partial charge in [-0.1, -0.05) is 6.07 Å². The summed E-state index contributed by atoms with van der Waals surface area (Å²) in [4.78, 5) is 16.4. The summed E-state index contributed by atoms with van der Waals surface area (Å²) in [6.45, 7) is 0.426. The molecule has 2 aromatic heterocycles. The quantitative estimate of drug-likeness (QED) is 0.783. The molecule has 6 nitrogen and oxygen atoms in total. The van der Waals surface area contributed by atoms with E-state index in [1.807, 2.05) is 36.4 Å². The second-order valence-electron chi connectivity index (χ2n) is 5.31. The first-order valence-electron chi connectivity index (χ1n) is 7.53. The van der Waals surface area contributed by atoms with Crippen LogP contribution in [-0.4, -0.2) is 27.8 Å². The molecule has 24 heavy (non-hydrogen) atoms. The molecule has 0 saturated heterocycles. The molecular formula is C18H18N4O2. The largest absolute Gasteiger partial charge is 0.497 e. The van der Waals surface area contributed by atoms with Gasteiger partial charge in [-0.2, -0.15) is 5.10 Å². The normalized spacial score (nSPS) is 10.4. The highest BCUT2D eigenvalue weighted by molar-refractivity contribution is 5.93. The minimum absolute atomic E-state index is 0.173. The van der Waals surface area contributed by atoms with Gasteiger partial charge in [0, 0.05) is 31.5 Å². The predicted molar refractivity (Wildman–Crippen MR) is 90.6 cm³/mol. The molecular weight excluding hydrogens is 304 g/mol. The summed E-state index contributed by atoms with van der Waals surface area (Å²) >= 11 is 0. The van der Waals surface area contributed by atoms with E-state index >= 15 is 0 Å². The summed E-state index contributed by atoms with van der Waals surface area (Å²) < 4.78 is 6.73. The van der Waals surface area contributed by atoms with Crippen molar-refractivity contribution < 1.29 is 9.53 Å². The lowest BCUT2D eigenvalue weighted by Crippen LogP contribution is -2.25. The molecule has 1 amide bonds. The number of pyridine rings is 1. The van der Waals surface area contributed by atoms with Gasteiger partial charge in [0.2, 0.25) is 0 Å². The van der Waals surface area contributed by atoms with Crippen LogP contribution in [0.2, 0.25) is 0 Å². The van der Waals surface area contributed by atoms with Crippen LogP contribution < -0.4 is 10.1 Å². The highest BCUT2D eigenvalue weighted by Gasteiger charge is 2.14. The first kappa shape index (κ1) is 15.7. The first-order chi connectivity index (χ1) is 11.7. The van der Waals surface area contributed by atoms with Crippen molar-refractivity contribution in [3.05, 3.63) is 66.1 Å². The van der Waals surface area contributed by atoms with Gasteiger partial charge < -0.3 is 10.1 Å². The summed E-state index contributed by atoms with van der Waals surface area (Å²) in [5, 5.41) is 7.29. The average molecular weight is 322 g/mol. The van der Waals surface area contributed by atoms with Crippen LogP contribution in [0, 0.1) is 0 Å². The van der Waals surface area contributed by atoms with Crippen molar-refractivity contribution in [2.24, 2.45) is 7.05 Å². The summed E-state index contributed by atoms with van der Waals surface area (Å²) in [5.41, 5.74) is 3.12. The number of methoxy groups -OCH3 is 1. The number of nitrogens with one attached hydrogen (secondary N) is 1. The number of benzene rings is 1. The molecule has 3 aromatic rings. The van der Waals surface area contributed by atoms with E-state index in [4.69, 9.17) is 4.74 Å². The molecule has 2 heterocycles. The first-order valence-corrected chi connectivity index (χ1v) is 7.53. The lowest BCUT2D eigenvalue weighted by molar-refractivity contribution is 0.0941. The summed E-state index contributed by atoms with van der Waals surface area (Å²) in [5.74, 6) is 0.609. The van der Waals surface area contributed by atoms with Crippen LogP contribution in [0.25, 0.3) is 11.3 Å². The maximum atomic E-state index is 12.4. The Hall–Kier alpha value is -3.15. The van der Waals surface area contributed by atoms with E-state index < -0.39 is 0 Å². The van der Waals surface area contributed by atoms with Crippen LogP contribution in [0.4, 0.5) is 0 Å². The van der Waals surface area contributed by atoms with Gasteiger partial charge in [-0.25, -0.2) is 0 Å². The minimum atomic E-state index is -0.173. The van der Waals surface area contributed by atoms with E-state index in [-0.39, 0.29) is 5.91 Å². The zero-order chi connectivity index (χ0) is 16.9. The molecule has 6 heteroatoms. The van der Waals surface area contributed by atoms with Gasteiger partial charge in [0.25, 0.3) is 5.91 Å². The standard InChI is InChI=1S/C18H18N4O2/c1-22-17(18(23)20-12-13-4-3-9-19-11-13)10-16(21-22)14-5-7-15(24-2)8-6-14/h3-11H,12H2,1-2H3,(H,20,23). The summed E-state index contributed by atoms with van der Waals surface area (Å²) in [6.07, 6.45) is 3.43. The third-order valence-corrected chi connectivity index (χ3v) is 3.67. The fraction of sp³-hybridized carbons (Fsp3) is 0.167. The highest BCUT2D eigenvalue weighted by Crippen LogP contribution is 2.22. The number of ether oxygens (including phenoxy) is 1. The maximum Gasteiger partial charge on any atom is 0.269 e. The SMILES string of the molecule is COc1ccc(-c2cc(C(=O)NCc3cccnc3)n(C)n2)cc1. The zero-order valence-corrected chi connectivity index (χ0v) is 13.6. The van der Waals surface area contributed by atoms with Gasteiger partial charge in [-0.05, 0) is 42.0 Å². The van der Waals surface area contributed by atoms with Crippen LogP contribution in [0.5, 0.6) is 5.75 Å². The van der Waals surface area contributed by atoms with Gasteiger partial charge >= 0.3 is 0 Å². The number of carbonyl (C=O) groups excluding carboxylic acids is 1. The van der Waals surface area contributed by atoms with Gasteiger partial charge in [0.15, 0.2) is 0 Å². The van der Waals surface area contributed by atoms with Crippen LogP contribution >= 0.6 is 0 Å². The minimum Gasteiger partial charge on any atom is -0.497 e. The molecule has 0 aliphatic carbocycles. The number of rotatable bonds is 5. The molecule has 3 rings (SSSR count). The summed E-state index contributed by atoms with van der Waals surface area (Å²) in [6, 6.07) is 13.1. The van der Waals surface area contributed by atoms with Crippen LogP contribution in [0.3, 0.4) is 0 Å². The molecule has 0 aliphatic heterocycles. The van der Waals surface area contributed by atoms with Gasteiger partial charge in [0.05, 0.1) is 12.8 Å². The molecule has 0 unspecified atom stereocenters. The molecule has 122 valence electrons. The Morgan fingerprint density at radius 2 is 2.04 bits per heavy atom. The number of aryl methyl sites for hydroxylation is 1. The lowest BCUT2D eigenvalue weighted by atomic mass is 10.1. The van der Waals surface area contributed by atoms with E-state index in [9.17, 15) is 4.79 Å². The van der Waals surface area contributed by atoms with E-state index in [0.29, 0.717) is 12.2 Å². The smallest absolute Gasteiger partial charge is 0.269 e. The topological polar surface area (TPSA) is 69.0 Å². The van der Waals surface area contributed by atoms with Crippen molar-refractivity contribution in [2.45, 2.75) is 6.54 Å². The van der Waals surface area contributed by atoms with Crippen molar-refractivity contribution in [3.63, 3.8) is 0 Å². The number of amides is 1. The number of hydrogen-bond acceptors (Lipinski definition) is 4. The highest BCUT2D eigenvalue weighted by atomic mass is 16.5. The predicted octanol–water partition coefficient (Wildman–Crippen LogP) is 2.42. The molecule has 0 atom stereocenters. The van der Waals surface area contributed by atoms with E-state index in [1.54, 1.807) is 37.3 Å². The third kappa shape index (κ3) is 3.43. The van der Waals surface area contributed by atoms with Crippen molar-refractivity contribution in [2.75, 3.05) is 7.11 Å². The Kier molecular flexibility index (Phi) is 4.56. The second kappa shape index (κ2) is 6.95. The number of carbonyl (C=O) groups is 1. The number of nitrogens with zero attached hydrogens (tertiary/aromatic N) is 3. The Labute approximate surface area is 140 Å². The van der Waals surface area contributed by atoms with Gasteiger partial charge in [0.1, 0.15) is 11.4 Å². The number of hydrogen-bond donors (Lipinski definition) is 1. The number of aromatic nitrogens is 3. The molecule has 0 fully saturated rings. The van der Waals surface area contributed by atoms with Crippen molar-refractivity contribution in [3.8, 4) is 17.0 Å². The molecule has 1 N–H and O–H groups in total. The molecule has 0 radical (unpaired) electrons. The molecule has 0 spiro atoms. The molecule has 0 saturated carbocycles. The maximum absolute atomic E-state index is 12.4. The van der Waals surface area contributed by atoms with E-state index in [1.165, 1.54) is 0 Å². The second-order valence-corrected chi connectivity index (χ2v) is 5.31. The van der Waals surface area contributed by atoms with Crippen LogP contribution in [0.15, 0.2) is 54.9 Å². The van der Waals surface area contributed by atoms with Crippen molar-refractivity contribution >= 4 is 5.91 Å². The lowest BCUT2D eigenvalue weighted by Gasteiger charge is -2.04. The van der Waals surface area contributed by atoms with Crippen molar-refractivity contribution in [1.29, 1.82) is 0 Å². The Bertz CT molecular complexity index is 826. The fourth-order valence-corrected chi connectivity index (χ4v) is 2.36. The zero-order valence-electron chi connectivity index (χ0n) is 13.6. The Morgan fingerprint density at radius 1 is 1.25 bits per heavy atom. The van der Waals surface area contributed by atoms with Crippen molar-refractivity contribution in [1.82, 2.24) is 20.1 Å². The third-order valence-electron chi connectivity index (χ3n) is 3.67. The molecule has 0 aliphatic rings. The van der Waals surface area contributed by atoms with E-state index in [2.05, 4.69) is 15.4 Å². The van der Waals surface area contributed by atoms with E-state index in [0.717, 1.165) is 22.6 Å². The van der Waals surface area contributed by atoms with Crippen LogP contribution in [0.1, 0.15) is 16.1 Å². The molecule has 0 bridgehead atoms. The Morgan fingerprint density at radius 3 is 2.71 bits per heavy atom.